The Morgan fingerprint density at radius 2 is 2.24 bits per heavy atom. The number of benzene rings is 1. The molecule has 0 amide bonds. The molecule has 0 spiro atoms. The van der Waals surface area contributed by atoms with E-state index in [0.29, 0.717) is 12.6 Å². The van der Waals surface area contributed by atoms with Crippen molar-refractivity contribution in [3.63, 3.8) is 0 Å². The molecule has 114 valence electrons. The first-order valence-electron chi connectivity index (χ1n) is 7.64. The van der Waals surface area contributed by atoms with E-state index >= 15 is 0 Å². The Morgan fingerprint density at radius 1 is 1.43 bits per heavy atom. The largest absolute Gasteiger partial charge is 0.492 e. The molecular formula is C18H25NO2. The van der Waals surface area contributed by atoms with Crippen LogP contribution in [-0.4, -0.2) is 18.8 Å². The van der Waals surface area contributed by atoms with Gasteiger partial charge in [-0.2, -0.15) is 0 Å². The van der Waals surface area contributed by atoms with Gasteiger partial charge in [-0.15, -0.1) is 11.8 Å². The van der Waals surface area contributed by atoms with Gasteiger partial charge in [0.25, 0.3) is 0 Å². The fraction of sp³-hybridized carbons (Fsp3) is 0.556. The van der Waals surface area contributed by atoms with Crippen molar-refractivity contribution in [2.75, 3.05) is 13.2 Å². The maximum absolute atomic E-state index is 6.12. The molecule has 0 bridgehead atoms. The summed E-state index contributed by atoms with van der Waals surface area (Å²) >= 11 is 0. The molecule has 0 saturated heterocycles. The van der Waals surface area contributed by atoms with Gasteiger partial charge in [-0.1, -0.05) is 13.0 Å². The van der Waals surface area contributed by atoms with Gasteiger partial charge in [0.05, 0.1) is 6.61 Å². The van der Waals surface area contributed by atoms with Crippen LogP contribution in [0.25, 0.3) is 0 Å². The van der Waals surface area contributed by atoms with Crippen molar-refractivity contribution >= 4 is 0 Å². The van der Waals surface area contributed by atoms with Gasteiger partial charge in [0.15, 0.2) is 0 Å². The molecule has 1 aliphatic rings. The van der Waals surface area contributed by atoms with Gasteiger partial charge in [0.2, 0.25) is 0 Å². The summed E-state index contributed by atoms with van der Waals surface area (Å²) in [7, 11) is 0. The van der Waals surface area contributed by atoms with Gasteiger partial charge in [0.1, 0.15) is 17.1 Å². The molecular weight excluding hydrogens is 262 g/mol. The van der Waals surface area contributed by atoms with Crippen LogP contribution < -0.4 is 14.8 Å². The van der Waals surface area contributed by atoms with Crippen LogP contribution in [0.2, 0.25) is 0 Å². The second-order valence-corrected chi connectivity index (χ2v) is 5.90. The molecule has 1 atom stereocenters. The summed E-state index contributed by atoms with van der Waals surface area (Å²) in [5, 5.41) is 3.54. The van der Waals surface area contributed by atoms with Gasteiger partial charge in [0, 0.05) is 30.5 Å². The van der Waals surface area contributed by atoms with Crippen molar-refractivity contribution in [1.29, 1.82) is 0 Å². The smallest absolute Gasteiger partial charge is 0.128 e. The number of hydrogen-bond donors (Lipinski definition) is 1. The first-order chi connectivity index (χ1) is 10.1. The van der Waals surface area contributed by atoms with Gasteiger partial charge >= 0.3 is 0 Å². The van der Waals surface area contributed by atoms with E-state index in [-0.39, 0.29) is 5.60 Å². The number of nitrogens with one attached hydrogen (secondary N) is 1. The first-order valence-corrected chi connectivity index (χ1v) is 7.64. The number of ether oxygens (including phenoxy) is 2. The van der Waals surface area contributed by atoms with E-state index in [0.717, 1.165) is 30.9 Å². The zero-order chi connectivity index (χ0) is 15.3. The molecule has 0 fully saturated rings. The highest BCUT2D eigenvalue weighted by Crippen LogP contribution is 2.41. The highest BCUT2D eigenvalue weighted by molar-refractivity contribution is 5.44. The third kappa shape index (κ3) is 4.15. The molecule has 0 radical (unpaired) electrons. The molecule has 1 unspecified atom stereocenters. The van der Waals surface area contributed by atoms with E-state index in [1.165, 1.54) is 5.56 Å². The molecule has 0 aliphatic carbocycles. The summed E-state index contributed by atoms with van der Waals surface area (Å²) < 4.78 is 11.9. The van der Waals surface area contributed by atoms with Crippen molar-refractivity contribution in [1.82, 2.24) is 5.32 Å². The molecule has 2 rings (SSSR count). The molecule has 1 heterocycles. The Kier molecular flexibility index (Phi) is 5.14. The van der Waals surface area contributed by atoms with Crippen LogP contribution in [0, 0.1) is 11.8 Å². The van der Waals surface area contributed by atoms with E-state index in [1.54, 1.807) is 0 Å². The predicted molar refractivity (Wildman–Crippen MR) is 85.7 cm³/mol. The summed E-state index contributed by atoms with van der Waals surface area (Å²) in [6, 6.07) is 6.47. The van der Waals surface area contributed by atoms with E-state index in [4.69, 9.17) is 9.47 Å². The average Bonchev–Trinajstić information content (AvgIpc) is 2.42. The highest BCUT2D eigenvalue weighted by Gasteiger charge is 2.33. The van der Waals surface area contributed by atoms with Crippen LogP contribution in [0.1, 0.15) is 52.1 Å². The van der Waals surface area contributed by atoms with Crippen molar-refractivity contribution in [3.8, 4) is 23.3 Å². The third-order valence-corrected chi connectivity index (χ3v) is 3.57. The minimum absolute atomic E-state index is 0.161. The molecule has 3 nitrogen and oxygen atoms in total. The molecule has 1 aromatic carbocycles. The quantitative estimate of drug-likeness (QED) is 0.662. The zero-order valence-electron chi connectivity index (χ0n) is 13.5. The molecule has 0 aromatic heterocycles. The van der Waals surface area contributed by atoms with E-state index in [9.17, 15) is 0 Å². The predicted octanol–water partition coefficient (Wildman–Crippen LogP) is 3.69. The molecule has 1 N–H and O–H groups in total. The Hall–Kier alpha value is -1.66. The fourth-order valence-corrected chi connectivity index (χ4v) is 2.70. The second-order valence-electron chi connectivity index (χ2n) is 5.90. The van der Waals surface area contributed by atoms with Crippen LogP contribution in [0.5, 0.6) is 11.5 Å². The van der Waals surface area contributed by atoms with Gasteiger partial charge in [-0.3, -0.25) is 0 Å². The van der Waals surface area contributed by atoms with Crippen molar-refractivity contribution < 1.29 is 9.47 Å². The topological polar surface area (TPSA) is 30.5 Å². The molecule has 1 aromatic rings. The van der Waals surface area contributed by atoms with Crippen LogP contribution in [-0.2, 0) is 0 Å². The van der Waals surface area contributed by atoms with Crippen LogP contribution in [0.15, 0.2) is 18.2 Å². The first kappa shape index (κ1) is 15.7. The van der Waals surface area contributed by atoms with Crippen LogP contribution in [0.4, 0.5) is 0 Å². The van der Waals surface area contributed by atoms with Gasteiger partial charge in [-0.05, 0) is 33.4 Å². The maximum atomic E-state index is 6.12. The molecule has 1 aliphatic heterocycles. The molecule has 21 heavy (non-hydrogen) atoms. The standard InChI is InChI=1S/C18H25NO2/c1-5-7-8-11-20-14-9-10-15-16(19-6-2)13-18(3,4)21-17(15)12-14/h9-10,12,16,19H,6,8,11,13H2,1-4H3. The monoisotopic (exact) mass is 287 g/mol. The molecule has 0 saturated carbocycles. The lowest BCUT2D eigenvalue weighted by Gasteiger charge is -2.38. The Labute approximate surface area is 128 Å². The lowest BCUT2D eigenvalue weighted by atomic mass is 9.89. The van der Waals surface area contributed by atoms with E-state index < -0.39 is 0 Å². The Bertz CT molecular complexity index is 540. The Balaban J connectivity index is 2.15. The summed E-state index contributed by atoms with van der Waals surface area (Å²) in [5.74, 6) is 7.65. The highest BCUT2D eigenvalue weighted by atomic mass is 16.5. The normalized spacial score (nSPS) is 19.0. The van der Waals surface area contributed by atoms with E-state index in [2.05, 4.69) is 44.0 Å². The summed E-state index contributed by atoms with van der Waals surface area (Å²) in [6.45, 7) is 9.80. The van der Waals surface area contributed by atoms with Crippen molar-refractivity contribution in [2.24, 2.45) is 0 Å². The summed E-state index contributed by atoms with van der Waals surface area (Å²) in [6.07, 6.45) is 1.72. The lowest BCUT2D eigenvalue weighted by molar-refractivity contribution is 0.0660. The van der Waals surface area contributed by atoms with Crippen molar-refractivity contribution in [3.05, 3.63) is 23.8 Å². The van der Waals surface area contributed by atoms with Crippen LogP contribution >= 0.6 is 0 Å². The fourth-order valence-electron chi connectivity index (χ4n) is 2.70. The second kappa shape index (κ2) is 6.87. The SMILES string of the molecule is CC#CCCOc1ccc2c(c1)OC(C)(C)CC2NCC. The number of fused-ring (bicyclic) bond motifs is 1. The lowest BCUT2D eigenvalue weighted by Crippen LogP contribution is -2.39. The maximum Gasteiger partial charge on any atom is 0.128 e. The summed E-state index contributed by atoms with van der Waals surface area (Å²) in [4.78, 5) is 0. The van der Waals surface area contributed by atoms with Gasteiger partial charge < -0.3 is 14.8 Å². The third-order valence-electron chi connectivity index (χ3n) is 3.57. The van der Waals surface area contributed by atoms with Crippen LogP contribution in [0.3, 0.4) is 0 Å². The summed E-state index contributed by atoms with van der Waals surface area (Å²) in [5.41, 5.74) is 1.06. The molecule has 3 heteroatoms. The Morgan fingerprint density at radius 3 is 2.95 bits per heavy atom. The number of hydrogen-bond acceptors (Lipinski definition) is 3. The average molecular weight is 287 g/mol. The van der Waals surface area contributed by atoms with E-state index in [1.807, 2.05) is 19.1 Å². The van der Waals surface area contributed by atoms with Gasteiger partial charge in [-0.25, -0.2) is 0 Å². The number of rotatable bonds is 5. The van der Waals surface area contributed by atoms with Crippen molar-refractivity contribution in [2.45, 2.75) is 52.2 Å². The minimum Gasteiger partial charge on any atom is -0.492 e. The zero-order valence-corrected chi connectivity index (χ0v) is 13.5. The minimum atomic E-state index is -0.161.